The molecule has 0 amide bonds. The van der Waals surface area contributed by atoms with E-state index in [0.29, 0.717) is 23.3 Å². The fraction of sp³-hybridized carbons (Fsp3) is 0.250. The summed E-state index contributed by atoms with van der Waals surface area (Å²) in [4.78, 5) is 4.08. The van der Waals surface area contributed by atoms with Crippen LogP contribution in [0.2, 0.25) is 5.22 Å². The Kier molecular flexibility index (Phi) is 3.66. The second kappa shape index (κ2) is 5.21. The number of halogens is 1. The molecule has 90 valence electrons. The van der Waals surface area contributed by atoms with Crippen molar-refractivity contribution in [2.75, 3.05) is 6.61 Å². The Bertz CT molecular complexity index is 499. The van der Waals surface area contributed by atoms with Crippen LogP contribution in [0.3, 0.4) is 0 Å². The third-order valence-corrected chi connectivity index (χ3v) is 2.51. The van der Waals surface area contributed by atoms with Gasteiger partial charge in [0.1, 0.15) is 11.5 Å². The molecule has 0 bridgehead atoms. The molecule has 0 aliphatic rings. The highest BCUT2D eigenvalue weighted by Gasteiger charge is 2.14. The summed E-state index contributed by atoms with van der Waals surface area (Å²) in [5, 5.41) is 0.323. The summed E-state index contributed by atoms with van der Waals surface area (Å²) in [6, 6.07) is 4.87. The molecule has 0 spiro atoms. The fourth-order valence-electron chi connectivity index (χ4n) is 1.51. The molecule has 2 aromatic heterocycles. The van der Waals surface area contributed by atoms with Crippen LogP contribution in [0, 0.1) is 0 Å². The van der Waals surface area contributed by atoms with Gasteiger partial charge in [-0.15, -0.1) is 0 Å². The van der Waals surface area contributed by atoms with E-state index in [2.05, 4.69) is 4.98 Å². The predicted molar refractivity (Wildman–Crippen MR) is 65.2 cm³/mol. The Morgan fingerprint density at radius 1 is 1.47 bits per heavy atom. The molecule has 1 atom stereocenters. The Labute approximate surface area is 104 Å². The number of ether oxygens (including phenoxy) is 1. The second-order valence-corrected chi connectivity index (χ2v) is 3.88. The molecule has 2 rings (SSSR count). The lowest BCUT2D eigenvalue weighted by molar-refractivity contribution is 0.338. The molecule has 0 saturated heterocycles. The van der Waals surface area contributed by atoms with Gasteiger partial charge in [0.05, 0.1) is 18.8 Å². The Balaban J connectivity index is 2.24. The molecule has 0 fully saturated rings. The van der Waals surface area contributed by atoms with Crippen LogP contribution in [0.5, 0.6) is 5.75 Å². The van der Waals surface area contributed by atoms with Gasteiger partial charge in [-0.2, -0.15) is 0 Å². The van der Waals surface area contributed by atoms with Crippen molar-refractivity contribution in [2.45, 2.75) is 13.0 Å². The van der Waals surface area contributed by atoms with Crippen LogP contribution < -0.4 is 10.5 Å². The van der Waals surface area contributed by atoms with Crippen LogP contribution in [0.1, 0.15) is 24.3 Å². The van der Waals surface area contributed by atoms with Gasteiger partial charge in [0, 0.05) is 6.20 Å². The van der Waals surface area contributed by atoms with Gasteiger partial charge in [0.15, 0.2) is 5.22 Å². The second-order valence-electron chi connectivity index (χ2n) is 3.51. The first-order valence-electron chi connectivity index (χ1n) is 5.29. The minimum absolute atomic E-state index is 0.323. The van der Waals surface area contributed by atoms with Crippen LogP contribution >= 0.6 is 11.6 Å². The first kappa shape index (κ1) is 12.0. The van der Waals surface area contributed by atoms with Crippen LogP contribution in [-0.4, -0.2) is 11.6 Å². The molecule has 2 aromatic rings. The number of pyridine rings is 1. The zero-order chi connectivity index (χ0) is 12.3. The largest absolute Gasteiger partial charge is 0.492 e. The van der Waals surface area contributed by atoms with Crippen LogP contribution in [0.25, 0.3) is 0 Å². The molecule has 0 saturated carbocycles. The average Bonchev–Trinajstić information content (AvgIpc) is 2.76. The summed E-state index contributed by atoms with van der Waals surface area (Å²) < 4.78 is 10.6. The van der Waals surface area contributed by atoms with Crippen molar-refractivity contribution >= 4 is 11.6 Å². The van der Waals surface area contributed by atoms with E-state index in [0.717, 1.165) is 5.56 Å². The first-order valence-corrected chi connectivity index (χ1v) is 5.67. The Hall–Kier alpha value is -1.52. The molecule has 5 heteroatoms. The summed E-state index contributed by atoms with van der Waals surface area (Å²) in [6.45, 7) is 2.51. The van der Waals surface area contributed by atoms with Gasteiger partial charge in [-0.3, -0.25) is 4.98 Å². The summed E-state index contributed by atoms with van der Waals surface area (Å²) in [6.07, 6.45) is 3.33. The van der Waals surface area contributed by atoms with E-state index < -0.39 is 6.04 Å². The zero-order valence-electron chi connectivity index (χ0n) is 9.39. The van der Waals surface area contributed by atoms with Crippen LogP contribution in [0.15, 0.2) is 35.0 Å². The predicted octanol–water partition coefficient (Wildman–Crippen LogP) is 2.77. The van der Waals surface area contributed by atoms with Crippen LogP contribution in [-0.2, 0) is 0 Å². The molecular formula is C12H13ClN2O2. The molecule has 17 heavy (non-hydrogen) atoms. The standard InChI is InChI=1S/C12H13ClN2O2/c1-2-16-9-5-8(6-15-7-9)12(14)10-3-4-11(13)17-10/h3-7,12H,2,14H2,1H3. The fourth-order valence-corrected chi connectivity index (χ4v) is 1.66. The highest BCUT2D eigenvalue weighted by molar-refractivity contribution is 6.28. The third-order valence-electron chi connectivity index (χ3n) is 2.30. The lowest BCUT2D eigenvalue weighted by Crippen LogP contribution is -2.11. The molecule has 1 unspecified atom stereocenters. The number of rotatable bonds is 4. The summed E-state index contributed by atoms with van der Waals surface area (Å²) >= 11 is 5.71. The quantitative estimate of drug-likeness (QED) is 0.909. The highest BCUT2D eigenvalue weighted by atomic mass is 35.5. The van der Waals surface area contributed by atoms with Gasteiger partial charge < -0.3 is 14.9 Å². The maximum absolute atomic E-state index is 6.05. The monoisotopic (exact) mass is 252 g/mol. The number of furan rings is 1. The van der Waals surface area contributed by atoms with Crippen molar-refractivity contribution in [3.63, 3.8) is 0 Å². The van der Waals surface area contributed by atoms with E-state index in [4.69, 9.17) is 26.5 Å². The van der Waals surface area contributed by atoms with Gasteiger partial charge in [0.25, 0.3) is 0 Å². The van der Waals surface area contributed by atoms with E-state index in [9.17, 15) is 0 Å². The lowest BCUT2D eigenvalue weighted by Gasteiger charge is -2.10. The van der Waals surface area contributed by atoms with Gasteiger partial charge in [-0.1, -0.05) is 0 Å². The molecule has 0 aromatic carbocycles. The minimum atomic E-state index is -0.393. The van der Waals surface area contributed by atoms with Crippen molar-refractivity contribution in [2.24, 2.45) is 5.73 Å². The number of nitrogens with two attached hydrogens (primary N) is 1. The van der Waals surface area contributed by atoms with Crippen molar-refractivity contribution < 1.29 is 9.15 Å². The molecule has 4 nitrogen and oxygen atoms in total. The number of nitrogens with zero attached hydrogens (tertiary/aromatic N) is 1. The Morgan fingerprint density at radius 2 is 2.29 bits per heavy atom. The van der Waals surface area contributed by atoms with Crippen molar-refractivity contribution in [3.05, 3.63) is 47.1 Å². The van der Waals surface area contributed by atoms with E-state index in [1.807, 2.05) is 13.0 Å². The van der Waals surface area contributed by atoms with E-state index >= 15 is 0 Å². The summed E-state index contributed by atoms with van der Waals surface area (Å²) in [5.41, 5.74) is 6.87. The zero-order valence-corrected chi connectivity index (χ0v) is 10.1. The van der Waals surface area contributed by atoms with Gasteiger partial charge >= 0.3 is 0 Å². The molecule has 0 radical (unpaired) electrons. The molecular weight excluding hydrogens is 240 g/mol. The maximum Gasteiger partial charge on any atom is 0.193 e. The Morgan fingerprint density at radius 3 is 2.94 bits per heavy atom. The van der Waals surface area contributed by atoms with Crippen molar-refractivity contribution in [1.29, 1.82) is 0 Å². The number of aromatic nitrogens is 1. The summed E-state index contributed by atoms with van der Waals surface area (Å²) in [7, 11) is 0. The smallest absolute Gasteiger partial charge is 0.193 e. The van der Waals surface area contributed by atoms with Crippen LogP contribution in [0.4, 0.5) is 0 Å². The normalized spacial score (nSPS) is 12.4. The van der Waals surface area contributed by atoms with Crippen molar-refractivity contribution in [1.82, 2.24) is 4.98 Å². The van der Waals surface area contributed by atoms with E-state index in [-0.39, 0.29) is 0 Å². The SMILES string of the molecule is CCOc1cncc(C(N)c2ccc(Cl)o2)c1. The lowest BCUT2D eigenvalue weighted by atomic mass is 10.1. The molecule has 0 aliphatic heterocycles. The highest BCUT2D eigenvalue weighted by Crippen LogP contribution is 2.25. The maximum atomic E-state index is 6.05. The van der Waals surface area contributed by atoms with Gasteiger partial charge in [-0.25, -0.2) is 0 Å². The number of hydrogen-bond donors (Lipinski definition) is 1. The third kappa shape index (κ3) is 2.78. The van der Waals surface area contributed by atoms with Gasteiger partial charge in [0.2, 0.25) is 0 Å². The number of hydrogen-bond acceptors (Lipinski definition) is 4. The van der Waals surface area contributed by atoms with Gasteiger partial charge in [-0.05, 0) is 42.3 Å². The molecule has 2 heterocycles. The topological polar surface area (TPSA) is 61.3 Å². The average molecular weight is 253 g/mol. The molecule has 0 aliphatic carbocycles. The summed E-state index contributed by atoms with van der Waals surface area (Å²) in [5.74, 6) is 1.29. The molecule has 2 N–H and O–H groups in total. The minimum Gasteiger partial charge on any atom is -0.492 e. The van der Waals surface area contributed by atoms with Crippen molar-refractivity contribution in [3.8, 4) is 5.75 Å². The van der Waals surface area contributed by atoms with E-state index in [1.165, 1.54) is 0 Å². The first-order chi connectivity index (χ1) is 8.20. The van der Waals surface area contributed by atoms with E-state index in [1.54, 1.807) is 24.5 Å².